The van der Waals surface area contributed by atoms with Gasteiger partial charge in [-0.25, -0.2) is 0 Å². The van der Waals surface area contributed by atoms with Crippen LogP contribution >= 0.6 is 22.9 Å². The van der Waals surface area contributed by atoms with Crippen molar-refractivity contribution < 1.29 is 23.9 Å². The van der Waals surface area contributed by atoms with E-state index < -0.39 is 17.9 Å². The summed E-state index contributed by atoms with van der Waals surface area (Å²) in [6.07, 6.45) is 7.27. The molecule has 3 amide bonds. The second-order valence-electron chi connectivity index (χ2n) is 13.4. The highest BCUT2D eigenvalue weighted by Crippen LogP contribution is 2.39. The molecular formula is C40H33ClN8O5S. The van der Waals surface area contributed by atoms with Crippen molar-refractivity contribution in [3.8, 4) is 16.8 Å². The van der Waals surface area contributed by atoms with Crippen molar-refractivity contribution in [2.45, 2.75) is 58.8 Å². The molecule has 1 fully saturated rings. The van der Waals surface area contributed by atoms with Crippen LogP contribution in [0.5, 0.6) is 0 Å². The molecule has 3 aliphatic heterocycles. The van der Waals surface area contributed by atoms with Gasteiger partial charge in [-0.3, -0.25) is 38.7 Å². The van der Waals surface area contributed by atoms with Crippen LogP contribution in [0.25, 0.3) is 11.1 Å². The van der Waals surface area contributed by atoms with E-state index in [0.717, 1.165) is 55.1 Å². The van der Waals surface area contributed by atoms with Gasteiger partial charge in [-0.2, -0.15) is 5.10 Å². The highest BCUT2D eigenvalue weighted by atomic mass is 35.5. The number of aromatic nitrogens is 5. The summed E-state index contributed by atoms with van der Waals surface area (Å²) in [5.41, 5.74) is 6.44. The number of carbonyl (C=O) groups is 4. The summed E-state index contributed by atoms with van der Waals surface area (Å²) < 4.78 is 8.97. The summed E-state index contributed by atoms with van der Waals surface area (Å²) in [6.45, 7) is 6.13. The summed E-state index contributed by atoms with van der Waals surface area (Å²) in [6, 6.07) is 12.1. The molecule has 0 bridgehead atoms. The lowest BCUT2D eigenvalue weighted by molar-refractivity contribution is -0.143. The van der Waals surface area contributed by atoms with Crippen molar-refractivity contribution in [2.75, 3.05) is 6.61 Å². The molecule has 0 saturated carbocycles. The maximum absolute atomic E-state index is 13.1. The number of aryl methyl sites for hydroxylation is 1. The number of imide groups is 1. The van der Waals surface area contributed by atoms with Gasteiger partial charge in [0, 0.05) is 40.9 Å². The molecule has 0 aliphatic carbocycles. The summed E-state index contributed by atoms with van der Waals surface area (Å²) in [4.78, 5) is 57.3. The van der Waals surface area contributed by atoms with Gasteiger partial charge in [0.15, 0.2) is 5.82 Å². The first-order valence-electron chi connectivity index (χ1n) is 17.6. The van der Waals surface area contributed by atoms with Crippen molar-refractivity contribution in [1.29, 1.82) is 0 Å². The number of ether oxygens (including phenoxy) is 1. The number of hydrogen-bond acceptors (Lipinski definition) is 10. The Labute approximate surface area is 324 Å². The van der Waals surface area contributed by atoms with Gasteiger partial charge in [0.2, 0.25) is 11.8 Å². The van der Waals surface area contributed by atoms with Crippen LogP contribution < -0.4 is 5.32 Å². The van der Waals surface area contributed by atoms with E-state index in [1.807, 2.05) is 51.1 Å². The van der Waals surface area contributed by atoms with E-state index in [1.165, 1.54) is 9.58 Å². The van der Waals surface area contributed by atoms with Crippen LogP contribution in [0.1, 0.15) is 86.1 Å². The number of benzene rings is 2. The molecule has 6 heterocycles. The Balaban J connectivity index is 0.928. The maximum Gasteiger partial charge on any atom is 0.328 e. The van der Waals surface area contributed by atoms with Crippen molar-refractivity contribution in [2.24, 2.45) is 4.99 Å². The average Bonchev–Trinajstić information content (AvgIpc) is 3.92. The minimum atomic E-state index is -0.694. The first-order valence-corrected chi connectivity index (χ1v) is 18.8. The predicted molar refractivity (Wildman–Crippen MR) is 205 cm³/mol. The third kappa shape index (κ3) is 6.88. The van der Waals surface area contributed by atoms with Crippen molar-refractivity contribution in [3.63, 3.8) is 0 Å². The van der Waals surface area contributed by atoms with Gasteiger partial charge in [0.05, 0.1) is 22.3 Å². The molecule has 3 aliphatic rings. The molecule has 0 spiro atoms. The van der Waals surface area contributed by atoms with Crippen LogP contribution in [0, 0.1) is 25.7 Å². The molecule has 5 aromatic rings. The van der Waals surface area contributed by atoms with Crippen LogP contribution in [-0.2, 0) is 32.2 Å². The van der Waals surface area contributed by atoms with Crippen LogP contribution in [0.2, 0.25) is 5.02 Å². The minimum Gasteiger partial charge on any atom is -0.460 e. The molecule has 13 nitrogen and oxygen atoms in total. The molecule has 2 atom stereocenters. The van der Waals surface area contributed by atoms with Gasteiger partial charge in [0.1, 0.15) is 36.1 Å². The number of fused-ring (bicyclic) bond motifs is 4. The van der Waals surface area contributed by atoms with Crippen LogP contribution in [-0.4, -0.2) is 71.5 Å². The Kier molecular flexibility index (Phi) is 9.50. The van der Waals surface area contributed by atoms with Gasteiger partial charge in [0.25, 0.3) is 5.91 Å². The van der Waals surface area contributed by atoms with E-state index in [0.29, 0.717) is 22.6 Å². The zero-order valence-corrected chi connectivity index (χ0v) is 31.6. The second kappa shape index (κ2) is 14.6. The number of nitrogens with one attached hydrogen (secondary N) is 1. The number of halogens is 1. The fraction of sp³-hybridized carbons (Fsp3) is 0.250. The number of nitrogens with zero attached hydrogens (tertiary/aromatic N) is 7. The Morgan fingerprint density at radius 3 is 2.73 bits per heavy atom. The summed E-state index contributed by atoms with van der Waals surface area (Å²) in [5.74, 6) is 6.51. The van der Waals surface area contributed by atoms with E-state index in [9.17, 15) is 19.2 Å². The quantitative estimate of drug-likeness (QED) is 0.136. The average molecular weight is 773 g/mol. The molecule has 1 unspecified atom stereocenters. The topological polar surface area (TPSA) is 154 Å². The summed E-state index contributed by atoms with van der Waals surface area (Å²) in [5, 5.41) is 17.0. The van der Waals surface area contributed by atoms with Gasteiger partial charge in [-0.1, -0.05) is 53.8 Å². The van der Waals surface area contributed by atoms with Crippen LogP contribution in [0.4, 0.5) is 0 Å². The second-order valence-corrected chi connectivity index (χ2v) is 14.8. The van der Waals surface area contributed by atoms with Gasteiger partial charge < -0.3 is 9.64 Å². The standard InChI is InChI=1S/C40H33ClN8O5S/c1-22-32(55-40-35(22)36(27-10-12-28(41)13-11-27)43-23(2)37-46-45-24(3)49(37)40)15-9-25-18-42-47(19-25)21-34(51)54-17-5-7-26-6-4-8-29-30(26)20-48(39(29)53)31-14-16-33(50)44-38(31)52/h4-8,10-13,18-19,23,31H,14,16-17,20-21H2,1-3H3,(H,44,50,52)/b7-5+/t23-,31?/m0/s1. The van der Waals surface area contributed by atoms with Gasteiger partial charge in [-0.15, -0.1) is 21.5 Å². The molecule has 3 aromatic heterocycles. The number of piperidine rings is 1. The predicted octanol–water partition coefficient (Wildman–Crippen LogP) is 5.12. The zero-order chi connectivity index (χ0) is 38.4. The monoisotopic (exact) mass is 772 g/mol. The third-order valence-corrected chi connectivity index (χ3v) is 11.2. The lowest BCUT2D eigenvalue weighted by Crippen LogP contribution is -2.52. The summed E-state index contributed by atoms with van der Waals surface area (Å²) >= 11 is 7.76. The molecule has 1 saturated heterocycles. The highest BCUT2D eigenvalue weighted by molar-refractivity contribution is 7.15. The SMILES string of the molecule is Cc1c(C#Cc2cnn(CC(=O)OC/C=C/c3cccc4c3CN(C3CCC(=O)NC3=O)C4=O)c2)sc2c1C(c1ccc(Cl)cc1)=N[C@@H](C)c1nnc(C)n1-2. The molecule has 276 valence electrons. The van der Waals surface area contributed by atoms with Crippen molar-refractivity contribution >= 4 is 58.4 Å². The number of hydrogen-bond donors (Lipinski definition) is 1. The minimum absolute atomic E-state index is 0.0112. The van der Waals surface area contributed by atoms with E-state index >= 15 is 0 Å². The number of carbonyl (C=O) groups excluding carboxylic acids is 4. The van der Waals surface area contributed by atoms with Crippen molar-refractivity contribution in [3.05, 3.63) is 121 Å². The fourth-order valence-corrected chi connectivity index (χ4v) is 8.35. The molecule has 2 aromatic carbocycles. The molecule has 0 radical (unpaired) electrons. The molecular weight excluding hydrogens is 740 g/mol. The Morgan fingerprint density at radius 1 is 1.11 bits per heavy atom. The lowest BCUT2D eigenvalue weighted by atomic mass is 9.99. The van der Waals surface area contributed by atoms with Crippen LogP contribution in [0.3, 0.4) is 0 Å². The van der Waals surface area contributed by atoms with E-state index in [1.54, 1.807) is 48.0 Å². The van der Waals surface area contributed by atoms with Crippen molar-refractivity contribution in [1.82, 2.24) is 34.8 Å². The van der Waals surface area contributed by atoms with E-state index in [2.05, 4.69) is 37.0 Å². The van der Waals surface area contributed by atoms with Gasteiger partial charge >= 0.3 is 5.97 Å². The third-order valence-electron chi connectivity index (χ3n) is 9.73. The smallest absolute Gasteiger partial charge is 0.328 e. The maximum atomic E-state index is 13.1. The largest absolute Gasteiger partial charge is 0.460 e. The lowest BCUT2D eigenvalue weighted by Gasteiger charge is -2.29. The number of amides is 3. The molecule has 55 heavy (non-hydrogen) atoms. The number of thiophene rings is 1. The number of aliphatic imine (C=N–C) groups is 1. The molecule has 8 rings (SSSR count). The normalized spacial score (nSPS) is 17.6. The Bertz CT molecular complexity index is 2540. The first kappa shape index (κ1) is 35.8. The van der Waals surface area contributed by atoms with Gasteiger partial charge in [-0.05, 0) is 68.2 Å². The highest BCUT2D eigenvalue weighted by Gasteiger charge is 2.39. The van der Waals surface area contributed by atoms with E-state index in [4.69, 9.17) is 21.3 Å². The number of rotatable bonds is 7. The Hall–Kier alpha value is -6.17. The molecule has 15 heteroatoms. The van der Waals surface area contributed by atoms with E-state index in [-0.39, 0.29) is 44.0 Å². The van der Waals surface area contributed by atoms with Crippen LogP contribution in [0.15, 0.2) is 65.9 Å². The number of esters is 1. The summed E-state index contributed by atoms with van der Waals surface area (Å²) in [7, 11) is 0. The Morgan fingerprint density at radius 2 is 1.93 bits per heavy atom. The fourth-order valence-electron chi connectivity index (χ4n) is 7.00. The first-order chi connectivity index (χ1) is 26.5. The zero-order valence-electron chi connectivity index (χ0n) is 30.0. The molecule has 1 N–H and O–H groups in total.